The molecule has 0 radical (unpaired) electrons. The van der Waals surface area contributed by atoms with E-state index in [1.807, 2.05) is 12.3 Å². The van der Waals surface area contributed by atoms with Gasteiger partial charge in [-0.05, 0) is 56.8 Å². The molecule has 2 fully saturated rings. The predicted octanol–water partition coefficient (Wildman–Crippen LogP) is 1.80. The number of hydrogen-bond donors (Lipinski definition) is 3. The van der Waals surface area contributed by atoms with Gasteiger partial charge in [0.25, 0.3) is 5.91 Å². The summed E-state index contributed by atoms with van der Waals surface area (Å²) in [6.07, 6.45) is 7.04. The van der Waals surface area contributed by atoms with E-state index in [9.17, 15) is 10.0 Å². The first-order valence-corrected chi connectivity index (χ1v) is 13.4. The van der Waals surface area contributed by atoms with Gasteiger partial charge in [-0.3, -0.25) is 4.79 Å². The fraction of sp³-hybridized carbons (Fsp3) is 0.577. The molecular formula is C26H37N9O3. The summed E-state index contributed by atoms with van der Waals surface area (Å²) in [5.74, 6) is 0.373. The van der Waals surface area contributed by atoms with Gasteiger partial charge in [0, 0.05) is 31.7 Å². The number of likely N-dealkylation sites (tertiary alicyclic amines) is 1. The number of ether oxygens (including phenoxy) is 1. The van der Waals surface area contributed by atoms with Crippen LogP contribution in [0.1, 0.15) is 56.6 Å². The summed E-state index contributed by atoms with van der Waals surface area (Å²) in [6.45, 7) is 8.07. The highest BCUT2D eigenvalue weighted by Crippen LogP contribution is 2.24. The highest BCUT2D eigenvalue weighted by molar-refractivity contribution is 5.79. The van der Waals surface area contributed by atoms with Gasteiger partial charge in [0.2, 0.25) is 5.95 Å². The Bertz CT molecular complexity index is 1340. The fourth-order valence-corrected chi connectivity index (χ4v) is 4.87. The molecule has 3 aromatic rings. The largest absolute Gasteiger partial charge is 0.460 e. The lowest BCUT2D eigenvalue weighted by molar-refractivity contribution is -0.122. The maximum atomic E-state index is 12.5. The molecule has 204 valence electrons. The van der Waals surface area contributed by atoms with E-state index in [1.165, 1.54) is 6.20 Å². The van der Waals surface area contributed by atoms with Crippen LogP contribution in [0.25, 0.3) is 5.65 Å². The first-order valence-electron chi connectivity index (χ1n) is 13.4. The zero-order valence-electron chi connectivity index (χ0n) is 22.3. The number of carbonyl (C=O) groups is 1. The molecule has 2 aliphatic rings. The van der Waals surface area contributed by atoms with E-state index in [1.54, 1.807) is 10.6 Å². The third-order valence-corrected chi connectivity index (χ3v) is 7.23. The molecule has 1 amide bonds. The Morgan fingerprint density at radius 1 is 1.26 bits per heavy atom. The molecule has 12 heteroatoms. The molecule has 3 aromatic heterocycles. The van der Waals surface area contributed by atoms with Crippen molar-refractivity contribution < 1.29 is 14.7 Å². The van der Waals surface area contributed by atoms with Crippen LogP contribution in [0.15, 0.2) is 29.5 Å². The van der Waals surface area contributed by atoms with Crippen molar-refractivity contribution in [3.63, 3.8) is 0 Å². The van der Waals surface area contributed by atoms with E-state index in [4.69, 9.17) is 9.72 Å². The summed E-state index contributed by atoms with van der Waals surface area (Å²) in [7, 11) is 2.12. The fourth-order valence-electron chi connectivity index (χ4n) is 4.87. The van der Waals surface area contributed by atoms with Crippen LogP contribution in [0.5, 0.6) is 6.01 Å². The number of rotatable bonds is 7. The van der Waals surface area contributed by atoms with Crippen molar-refractivity contribution in [2.75, 3.05) is 38.5 Å². The number of carbonyl (C=O) groups excluding carboxylic acids is 1. The van der Waals surface area contributed by atoms with Crippen LogP contribution in [-0.4, -0.2) is 79.7 Å². The number of nitrogens with zero attached hydrogens (tertiary/aromatic N) is 7. The predicted molar refractivity (Wildman–Crippen MR) is 141 cm³/mol. The molecule has 0 aliphatic carbocycles. The van der Waals surface area contributed by atoms with E-state index in [0.29, 0.717) is 30.7 Å². The first-order chi connectivity index (χ1) is 18.4. The second kappa shape index (κ2) is 11.5. The van der Waals surface area contributed by atoms with Crippen LogP contribution >= 0.6 is 0 Å². The highest BCUT2D eigenvalue weighted by Gasteiger charge is 2.22. The Kier molecular flexibility index (Phi) is 7.89. The average molecular weight is 524 g/mol. The van der Waals surface area contributed by atoms with Crippen molar-refractivity contribution in [3.8, 4) is 6.01 Å². The maximum absolute atomic E-state index is 12.5. The summed E-state index contributed by atoms with van der Waals surface area (Å²) < 4.78 is 8.78. The van der Waals surface area contributed by atoms with Crippen molar-refractivity contribution in [1.29, 1.82) is 0 Å². The first kappa shape index (κ1) is 26.1. The van der Waals surface area contributed by atoms with Gasteiger partial charge in [0.1, 0.15) is 6.10 Å². The van der Waals surface area contributed by atoms with Gasteiger partial charge >= 0.3 is 6.01 Å². The Morgan fingerprint density at radius 2 is 2.08 bits per heavy atom. The van der Waals surface area contributed by atoms with Gasteiger partial charge in [-0.25, -0.2) is 0 Å². The van der Waals surface area contributed by atoms with Gasteiger partial charge in [-0.1, -0.05) is 19.9 Å². The van der Waals surface area contributed by atoms with Crippen LogP contribution in [0.2, 0.25) is 0 Å². The summed E-state index contributed by atoms with van der Waals surface area (Å²) in [6, 6.07) is 3.79. The average Bonchev–Trinajstić information content (AvgIpc) is 3.35. The Labute approximate surface area is 221 Å². The SMILES string of the molecule is CC(C)c1cnn2c(NCc3ccc(=NC(=O)C4CCCNC4)n(O)c3)nc(OC3CCN(C)CC3)nc12. The normalized spacial score (nSPS) is 19.8. The third kappa shape index (κ3) is 5.97. The maximum Gasteiger partial charge on any atom is 0.322 e. The number of amides is 1. The van der Waals surface area contributed by atoms with Gasteiger partial charge in [-0.15, -0.1) is 0 Å². The minimum Gasteiger partial charge on any atom is -0.460 e. The molecule has 38 heavy (non-hydrogen) atoms. The van der Waals surface area contributed by atoms with Crippen molar-refractivity contribution in [2.24, 2.45) is 10.9 Å². The molecule has 0 saturated carbocycles. The minimum absolute atomic E-state index is 0.0728. The van der Waals surface area contributed by atoms with Gasteiger partial charge in [-0.2, -0.15) is 29.3 Å². The minimum atomic E-state index is -0.217. The van der Waals surface area contributed by atoms with E-state index < -0.39 is 0 Å². The number of piperidine rings is 2. The van der Waals surface area contributed by atoms with Crippen LogP contribution < -0.4 is 20.9 Å². The molecule has 0 spiro atoms. The molecule has 2 saturated heterocycles. The number of aromatic nitrogens is 5. The zero-order chi connectivity index (χ0) is 26.6. The smallest absolute Gasteiger partial charge is 0.322 e. The van der Waals surface area contributed by atoms with Crippen LogP contribution in [0, 0.1) is 5.92 Å². The summed E-state index contributed by atoms with van der Waals surface area (Å²) >= 11 is 0. The van der Waals surface area contributed by atoms with Crippen LogP contribution in [0.3, 0.4) is 0 Å². The van der Waals surface area contributed by atoms with Crippen molar-refractivity contribution in [1.82, 2.24) is 34.5 Å². The Morgan fingerprint density at radius 3 is 2.79 bits per heavy atom. The molecule has 1 atom stereocenters. The Balaban J connectivity index is 1.34. The summed E-state index contributed by atoms with van der Waals surface area (Å²) in [4.78, 5) is 28.3. The number of hydrogen-bond acceptors (Lipinski definition) is 9. The highest BCUT2D eigenvalue weighted by atomic mass is 16.5. The van der Waals surface area contributed by atoms with Crippen LogP contribution in [-0.2, 0) is 11.3 Å². The van der Waals surface area contributed by atoms with E-state index in [-0.39, 0.29) is 29.3 Å². The summed E-state index contributed by atoms with van der Waals surface area (Å²) in [5, 5.41) is 21.5. The van der Waals surface area contributed by atoms with Crippen LogP contribution in [0.4, 0.5) is 5.95 Å². The van der Waals surface area contributed by atoms with Crippen molar-refractivity contribution >= 4 is 17.5 Å². The molecule has 1 unspecified atom stereocenters. The van der Waals surface area contributed by atoms with E-state index in [2.05, 4.69) is 51.5 Å². The number of nitrogens with one attached hydrogen (secondary N) is 2. The van der Waals surface area contributed by atoms with Gasteiger partial charge in [0.05, 0.1) is 18.3 Å². The van der Waals surface area contributed by atoms with E-state index in [0.717, 1.165) is 61.2 Å². The molecular weight excluding hydrogens is 486 g/mol. The second-order valence-electron chi connectivity index (χ2n) is 10.5. The standard InChI is InChI=1S/C26H37N9O3/c1-17(2)21-15-29-35-23(21)31-26(38-20-8-11-33(3)12-9-20)32-25(35)28-13-18-6-7-22(34(37)16-18)30-24(36)19-5-4-10-27-14-19/h6-7,15-17,19-20,27,37H,4-5,8-14H2,1-3H3,(H,28,31,32). The second-order valence-corrected chi connectivity index (χ2v) is 10.5. The molecule has 3 N–H and O–H groups in total. The molecule has 0 aromatic carbocycles. The monoisotopic (exact) mass is 523 g/mol. The lowest BCUT2D eigenvalue weighted by Crippen LogP contribution is -2.36. The molecule has 12 nitrogen and oxygen atoms in total. The lowest BCUT2D eigenvalue weighted by atomic mass is 9.99. The number of pyridine rings is 1. The number of fused-ring (bicyclic) bond motifs is 1. The number of anilines is 1. The quantitative estimate of drug-likeness (QED) is 0.396. The molecule has 0 bridgehead atoms. The lowest BCUT2D eigenvalue weighted by Gasteiger charge is -2.28. The molecule has 5 heterocycles. The summed E-state index contributed by atoms with van der Waals surface area (Å²) in [5.41, 5.74) is 2.71. The third-order valence-electron chi connectivity index (χ3n) is 7.23. The van der Waals surface area contributed by atoms with Crippen molar-refractivity contribution in [3.05, 3.63) is 41.1 Å². The zero-order valence-corrected chi connectivity index (χ0v) is 22.3. The van der Waals surface area contributed by atoms with Gasteiger partial charge < -0.3 is 25.5 Å². The van der Waals surface area contributed by atoms with E-state index >= 15 is 0 Å². The topological polar surface area (TPSA) is 134 Å². The Hall–Kier alpha value is -3.51. The van der Waals surface area contributed by atoms with Gasteiger partial charge in [0.15, 0.2) is 11.1 Å². The van der Waals surface area contributed by atoms with Crippen molar-refractivity contribution in [2.45, 2.75) is 58.1 Å². The molecule has 5 rings (SSSR count). The molecule has 2 aliphatic heterocycles.